The molecule has 41 heavy (non-hydrogen) atoms. The highest BCUT2D eigenvalue weighted by molar-refractivity contribution is 7.91. The molecule has 9 nitrogen and oxygen atoms in total. The van der Waals surface area contributed by atoms with Crippen molar-refractivity contribution >= 4 is 47.9 Å². The Balaban J connectivity index is 1.54. The highest BCUT2D eigenvalue weighted by Gasteiger charge is 2.29. The predicted molar refractivity (Wildman–Crippen MR) is 162 cm³/mol. The van der Waals surface area contributed by atoms with Crippen LogP contribution in [0.5, 0.6) is 0 Å². The van der Waals surface area contributed by atoms with Gasteiger partial charge >= 0.3 is 0 Å². The van der Waals surface area contributed by atoms with E-state index in [1.165, 1.54) is 30.6 Å². The summed E-state index contributed by atoms with van der Waals surface area (Å²) in [6.45, 7) is 5.40. The molecule has 222 valence electrons. The normalized spacial score (nSPS) is 18.9. The first-order chi connectivity index (χ1) is 19.3. The third kappa shape index (κ3) is 7.15. The zero-order valence-corrected chi connectivity index (χ0v) is 26.2. The number of fused-ring (bicyclic) bond motifs is 1. The molecule has 1 saturated carbocycles. The number of aromatic nitrogens is 2. The average Bonchev–Trinajstić information content (AvgIpc) is 3.32. The lowest BCUT2D eigenvalue weighted by Gasteiger charge is -2.22. The molecule has 2 N–H and O–H groups in total. The standard InChI is InChI=1S/C29H38N4O5S3/c1-29(2,3)33-41(37,38)25-10-9-22(21-11-14-30-18-23(21)25)26-24(17-19-7-5-4-6-8-19)32-28(39-26)27(34)31-20-12-15-40(35,36)16-13-20/h9-11,14,18-20,33H,4-8,12-13,15-17H2,1-3H3,(H,31,34). The molecule has 1 amide bonds. The number of hydrogen-bond donors (Lipinski definition) is 2. The van der Waals surface area contributed by atoms with Crippen molar-refractivity contribution in [1.82, 2.24) is 20.0 Å². The van der Waals surface area contributed by atoms with E-state index in [0.29, 0.717) is 29.2 Å². The van der Waals surface area contributed by atoms with Gasteiger partial charge in [-0.25, -0.2) is 26.5 Å². The number of carbonyl (C=O) groups excluding carboxylic acids is 1. The fourth-order valence-electron chi connectivity index (χ4n) is 5.80. The molecule has 0 radical (unpaired) electrons. The molecule has 0 spiro atoms. The Kier molecular flexibility index (Phi) is 8.58. The molecule has 1 aliphatic carbocycles. The summed E-state index contributed by atoms with van der Waals surface area (Å²) in [4.78, 5) is 23.4. The summed E-state index contributed by atoms with van der Waals surface area (Å²) in [5, 5.41) is 4.58. The summed E-state index contributed by atoms with van der Waals surface area (Å²) in [6, 6.07) is 5.03. The number of sulfone groups is 1. The van der Waals surface area contributed by atoms with E-state index in [4.69, 9.17) is 4.98 Å². The SMILES string of the molecule is CC(C)(C)NS(=O)(=O)c1ccc(-c2sc(C(=O)NC3CCS(=O)(=O)CC3)nc2CC2CCCCC2)c2ccncc12. The summed E-state index contributed by atoms with van der Waals surface area (Å²) in [5.41, 5.74) is 1.02. The first-order valence-corrected chi connectivity index (χ1v) is 18.4. The summed E-state index contributed by atoms with van der Waals surface area (Å²) in [6.07, 6.45) is 10.6. The summed E-state index contributed by atoms with van der Waals surface area (Å²) in [5.74, 6) is 0.336. The Bertz CT molecular complexity index is 1640. The van der Waals surface area contributed by atoms with Gasteiger partial charge in [0.2, 0.25) is 10.0 Å². The molecule has 2 aromatic heterocycles. The van der Waals surface area contributed by atoms with Crippen LogP contribution in [0, 0.1) is 5.92 Å². The van der Waals surface area contributed by atoms with E-state index >= 15 is 0 Å². The number of thiazole rings is 1. The number of nitrogens with one attached hydrogen (secondary N) is 2. The molecule has 3 heterocycles. The van der Waals surface area contributed by atoms with Crippen LogP contribution in [-0.2, 0) is 26.3 Å². The summed E-state index contributed by atoms with van der Waals surface area (Å²) >= 11 is 1.31. The number of hydrogen-bond acceptors (Lipinski definition) is 8. The zero-order chi connectivity index (χ0) is 29.4. The number of sulfonamides is 1. The van der Waals surface area contributed by atoms with Crippen molar-refractivity contribution in [3.63, 3.8) is 0 Å². The van der Waals surface area contributed by atoms with Gasteiger partial charge in [-0.2, -0.15) is 0 Å². The second kappa shape index (κ2) is 11.7. The molecular weight excluding hydrogens is 581 g/mol. The Hall–Kier alpha value is -2.41. The van der Waals surface area contributed by atoms with E-state index in [1.54, 1.807) is 39.2 Å². The van der Waals surface area contributed by atoms with E-state index in [0.717, 1.165) is 40.8 Å². The molecule has 0 bridgehead atoms. The van der Waals surface area contributed by atoms with Crippen molar-refractivity contribution in [2.75, 3.05) is 11.5 Å². The number of pyridine rings is 1. The van der Waals surface area contributed by atoms with Crippen molar-refractivity contribution in [1.29, 1.82) is 0 Å². The minimum atomic E-state index is -3.82. The Morgan fingerprint density at radius 2 is 1.73 bits per heavy atom. The van der Waals surface area contributed by atoms with Gasteiger partial charge in [0.15, 0.2) is 5.01 Å². The Labute approximate surface area is 246 Å². The van der Waals surface area contributed by atoms with E-state index in [9.17, 15) is 21.6 Å². The van der Waals surface area contributed by atoms with E-state index in [2.05, 4.69) is 15.0 Å². The van der Waals surface area contributed by atoms with Crippen LogP contribution in [0.4, 0.5) is 0 Å². The molecule has 1 aromatic carbocycles. The summed E-state index contributed by atoms with van der Waals surface area (Å²) < 4.78 is 53.1. The number of carbonyl (C=O) groups is 1. The smallest absolute Gasteiger partial charge is 0.280 e. The topological polar surface area (TPSA) is 135 Å². The molecule has 1 aliphatic heterocycles. The highest BCUT2D eigenvalue weighted by Crippen LogP contribution is 2.40. The molecule has 5 rings (SSSR count). The Morgan fingerprint density at radius 3 is 2.41 bits per heavy atom. The van der Waals surface area contributed by atoms with E-state index in [-0.39, 0.29) is 28.4 Å². The third-order valence-electron chi connectivity index (χ3n) is 7.74. The lowest BCUT2D eigenvalue weighted by molar-refractivity contribution is 0.0933. The van der Waals surface area contributed by atoms with Crippen LogP contribution in [0.15, 0.2) is 35.5 Å². The summed E-state index contributed by atoms with van der Waals surface area (Å²) in [7, 11) is -6.85. The molecule has 3 aromatic rings. The van der Waals surface area contributed by atoms with Crippen LogP contribution in [0.2, 0.25) is 0 Å². The predicted octanol–water partition coefficient (Wildman–Crippen LogP) is 4.86. The fourth-order valence-corrected chi connectivity index (χ4v) is 9.94. The maximum atomic E-state index is 13.3. The van der Waals surface area contributed by atoms with Gasteiger partial charge in [0, 0.05) is 34.9 Å². The maximum Gasteiger partial charge on any atom is 0.280 e. The number of nitrogens with zero attached hydrogens (tertiary/aromatic N) is 2. The fraction of sp³-hybridized carbons (Fsp3) is 0.552. The maximum absolute atomic E-state index is 13.3. The van der Waals surface area contributed by atoms with Gasteiger partial charge in [-0.1, -0.05) is 38.2 Å². The zero-order valence-electron chi connectivity index (χ0n) is 23.8. The Morgan fingerprint density at radius 1 is 1.02 bits per heavy atom. The third-order valence-corrected chi connectivity index (χ3v) is 12.4. The minimum Gasteiger partial charge on any atom is -0.347 e. The molecule has 12 heteroatoms. The van der Waals surface area contributed by atoms with Crippen LogP contribution in [0.1, 0.15) is 81.2 Å². The molecule has 0 atom stereocenters. The quantitative estimate of drug-likeness (QED) is 0.386. The number of benzene rings is 1. The van der Waals surface area contributed by atoms with Crippen molar-refractivity contribution in [2.45, 2.75) is 88.6 Å². The highest BCUT2D eigenvalue weighted by atomic mass is 32.2. The van der Waals surface area contributed by atoms with Crippen LogP contribution >= 0.6 is 11.3 Å². The molecule has 1 saturated heterocycles. The van der Waals surface area contributed by atoms with Crippen LogP contribution in [-0.4, -0.2) is 55.8 Å². The van der Waals surface area contributed by atoms with Crippen molar-refractivity contribution in [3.8, 4) is 10.4 Å². The lowest BCUT2D eigenvalue weighted by Crippen LogP contribution is -2.40. The lowest BCUT2D eigenvalue weighted by atomic mass is 9.85. The second-order valence-corrected chi connectivity index (χ2v) is 17.2. The molecular formula is C29H38N4O5S3. The van der Waals surface area contributed by atoms with Gasteiger partial charge in [0.25, 0.3) is 5.91 Å². The van der Waals surface area contributed by atoms with Gasteiger partial charge in [-0.05, 0) is 63.5 Å². The molecule has 2 aliphatic rings. The van der Waals surface area contributed by atoms with E-state index in [1.807, 2.05) is 12.1 Å². The van der Waals surface area contributed by atoms with Gasteiger partial charge in [-0.3, -0.25) is 9.78 Å². The van der Waals surface area contributed by atoms with Gasteiger partial charge in [-0.15, -0.1) is 11.3 Å². The molecule has 0 unspecified atom stereocenters. The first-order valence-electron chi connectivity index (χ1n) is 14.2. The number of rotatable bonds is 7. The van der Waals surface area contributed by atoms with Crippen molar-refractivity contribution in [3.05, 3.63) is 41.3 Å². The van der Waals surface area contributed by atoms with Crippen molar-refractivity contribution in [2.24, 2.45) is 5.92 Å². The average molecular weight is 619 g/mol. The van der Waals surface area contributed by atoms with E-state index < -0.39 is 25.4 Å². The number of amides is 1. The van der Waals surface area contributed by atoms with Crippen LogP contribution in [0.25, 0.3) is 21.2 Å². The molecule has 2 fully saturated rings. The van der Waals surface area contributed by atoms with Gasteiger partial charge < -0.3 is 5.32 Å². The van der Waals surface area contributed by atoms with Crippen LogP contribution in [0.3, 0.4) is 0 Å². The van der Waals surface area contributed by atoms with Crippen molar-refractivity contribution < 1.29 is 21.6 Å². The second-order valence-electron chi connectivity index (χ2n) is 12.3. The monoisotopic (exact) mass is 618 g/mol. The van der Waals surface area contributed by atoms with Gasteiger partial charge in [0.05, 0.1) is 27.0 Å². The first kappa shape index (κ1) is 30.1. The van der Waals surface area contributed by atoms with Gasteiger partial charge in [0.1, 0.15) is 9.84 Å². The van der Waals surface area contributed by atoms with Crippen LogP contribution < -0.4 is 10.0 Å². The minimum absolute atomic E-state index is 0.0767. The largest absolute Gasteiger partial charge is 0.347 e.